The molecule has 2 N–H and O–H groups in total. The minimum Gasteiger partial charge on any atom is -0.335 e. The summed E-state index contributed by atoms with van der Waals surface area (Å²) in [5.41, 5.74) is 1.21. The Kier molecular flexibility index (Phi) is 7.21. The summed E-state index contributed by atoms with van der Waals surface area (Å²) in [5, 5.41) is 6.72. The molecule has 0 radical (unpaired) electrons. The Bertz CT molecular complexity index is 858. The molecule has 3 aliphatic heterocycles. The molecule has 0 atom stereocenters. The lowest BCUT2D eigenvalue weighted by Gasteiger charge is -2.45. The van der Waals surface area contributed by atoms with Crippen molar-refractivity contribution in [2.45, 2.75) is 70.0 Å². The highest BCUT2D eigenvalue weighted by Gasteiger charge is 2.50. The second-order valence-corrected chi connectivity index (χ2v) is 11.3. The van der Waals surface area contributed by atoms with Crippen molar-refractivity contribution < 1.29 is 9.59 Å². The number of nitrogens with one attached hydrogen (secondary N) is 2. The van der Waals surface area contributed by atoms with Crippen LogP contribution in [0.1, 0.15) is 56.9 Å². The van der Waals surface area contributed by atoms with Crippen LogP contribution in [0.2, 0.25) is 5.02 Å². The van der Waals surface area contributed by atoms with E-state index < -0.39 is 0 Å². The third-order valence-electron chi connectivity index (χ3n) is 8.41. The van der Waals surface area contributed by atoms with Crippen molar-refractivity contribution in [2.75, 3.05) is 39.3 Å². The highest BCUT2D eigenvalue weighted by molar-refractivity contribution is 6.30. The van der Waals surface area contributed by atoms with Crippen LogP contribution in [0.4, 0.5) is 9.59 Å². The van der Waals surface area contributed by atoms with Gasteiger partial charge in [0.15, 0.2) is 0 Å². The summed E-state index contributed by atoms with van der Waals surface area (Å²) in [4.78, 5) is 32.3. The molecule has 8 heteroatoms. The molecular weight excluding hydrogens is 450 g/mol. The number of nitrogens with zero attached hydrogens (tertiary/aromatic N) is 3. The summed E-state index contributed by atoms with van der Waals surface area (Å²) in [6.45, 7) is 6.42. The smallest absolute Gasteiger partial charge is 0.320 e. The van der Waals surface area contributed by atoms with Crippen molar-refractivity contribution in [2.24, 2.45) is 5.41 Å². The van der Waals surface area contributed by atoms with Crippen LogP contribution in [0, 0.1) is 5.41 Å². The van der Waals surface area contributed by atoms with Gasteiger partial charge in [-0.1, -0.05) is 30.2 Å². The van der Waals surface area contributed by atoms with Gasteiger partial charge in [0, 0.05) is 49.8 Å². The van der Waals surface area contributed by atoms with E-state index in [9.17, 15) is 9.59 Å². The zero-order valence-corrected chi connectivity index (χ0v) is 20.9. The fraction of sp³-hybridized carbons (Fsp3) is 0.692. The van der Waals surface area contributed by atoms with Crippen molar-refractivity contribution in [1.82, 2.24) is 25.3 Å². The highest BCUT2D eigenvalue weighted by Crippen LogP contribution is 2.48. The maximum absolute atomic E-state index is 13.2. The maximum atomic E-state index is 13.2. The molecule has 1 saturated carbocycles. The van der Waals surface area contributed by atoms with Gasteiger partial charge in [-0.2, -0.15) is 0 Å². The molecule has 0 aromatic heterocycles. The van der Waals surface area contributed by atoms with Gasteiger partial charge in [-0.15, -0.1) is 0 Å². The lowest BCUT2D eigenvalue weighted by Crippen LogP contribution is -2.55. The van der Waals surface area contributed by atoms with Crippen LogP contribution in [0.5, 0.6) is 0 Å². The van der Waals surface area contributed by atoms with Crippen LogP contribution in [0.25, 0.3) is 0 Å². The normalized spacial score (nSPS) is 28.1. The van der Waals surface area contributed by atoms with E-state index in [0.29, 0.717) is 17.6 Å². The summed E-state index contributed by atoms with van der Waals surface area (Å²) in [6, 6.07) is 8.46. The summed E-state index contributed by atoms with van der Waals surface area (Å²) in [5.74, 6) is 0. The lowest BCUT2D eigenvalue weighted by atomic mass is 9.65. The molecule has 1 aliphatic carbocycles. The van der Waals surface area contributed by atoms with Crippen molar-refractivity contribution >= 4 is 23.7 Å². The Morgan fingerprint density at radius 2 is 1.65 bits per heavy atom. The quantitative estimate of drug-likeness (QED) is 0.672. The number of hydrogen-bond acceptors (Lipinski definition) is 3. The number of piperidine rings is 2. The largest absolute Gasteiger partial charge is 0.335 e. The lowest BCUT2D eigenvalue weighted by molar-refractivity contribution is 0.0782. The average molecular weight is 488 g/mol. The molecular formula is C26H38ClN5O2. The molecule has 0 unspecified atom stereocenters. The topological polar surface area (TPSA) is 67.9 Å². The molecule has 7 nitrogen and oxygen atoms in total. The summed E-state index contributed by atoms with van der Waals surface area (Å²) >= 11 is 5.91. The maximum Gasteiger partial charge on any atom is 0.320 e. The van der Waals surface area contributed by atoms with Gasteiger partial charge in [-0.25, -0.2) is 9.59 Å². The van der Waals surface area contributed by atoms with E-state index in [4.69, 9.17) is 11.6 Å². The zero-order chi connectivity index (χ0) is 23.5. The minimum atomic E-state index is -0.127. The average Bonchev–Trinajstić information content (AvgIpc) is 3.29. The SMILES string of the molecule is O=C(NCc1ccc(Cl)cc1)NC1CC2(CCN(C(=O)N3CCC(N4CCCCC4)CC3)C2)C1. The van der Waals surface area contributed by atoms with E-state index in [1.54, 1.807) is 0 Å². The molecule has 4 fully saturated rings. The second kappa shape index (κ2) is 10.3. The van der Waals surface area contributed by atoms with Gasteiger partial charge in [0.05, 0.1) is 0 Å². The number of likely N-dealkylation sites (tertiary alicyclic amines) is 3. The Morgan fingerprint density at radius 1 is 0.941 bits per heavy atom. The molecule has 1 aromatic carbocycles. The zero-order valence-electron chi connectivity index (χ0n) is 20.1. The number of carbonyl (C=O) groups is 2. The minimum absolute atomic E-state index is 0.127. The number of carbonyl (C=O) groups excluding carboxylic acids is 2. The van der Waals surface area contributed by atoms with Crippen molar-refractivity contribution in [3.8, 4) is 0 Å². The monoisotopic (exact) mass is 487 g/mol. The van der Waals surface area contributed by atoms with E-state index >= 15 is 0 Å². The van der Waals surface area contributed by atoms with E-state index in [1.807, 2.05) is 24.3 Å². The highest BCUT2D eigenvalue weighted by atomic mass is 35.5. The molecule has 0 bridgehead atoms. The summed E-state index contributed by atoms with van der Waals surface area (Å²) in [6.07, 6.45) is 9.22. The number of amides is 4. The molecule has 4 aliphatic rings. The van der Waals surface area contributed by atoms with Crippen LogP contribution in [-0.2, 0) is 6.54 Å². The van der Waals surface area contributed by atoms with E-state index in [2.05, 4.69) is 25.3 Å². The fourth-order valence-electron chi connectivity index (χ4n) is 6.45. The van der Waals surface area contributed by atoms with E-state index in [1.165, 1.54) is 32.4 Å². The predicted molar refractivity (Wildman–Crippen MR) is 134 cm³/mol. The van der Waals surface area contributed by atoms with Crippen LogP contribution in [0.15, 0.2) is 24.3 Å². The number of halogens is 1. The molecule has 3 heterocycles. The van der Waals surface area contributed by atoms with Gasteiger partial charge >= 0.3 is 12.1 Å². The van der Waals surface area contributed by atoms with Gasteiger partial charge in [0.2, 0.25) is 0 Å². The number of rotatable bonds is 4. The van der Waals surface area contributed by atoms with Crippen molar-refractivity contribution in [3.63, 3.8) is 0 Å². The van der Waals surface area contributed by atoms with Gasteiger partial charge in [0.25, 0.3) is 0 Å². The summed E-state index contributed by atoms with van der Waals surface area (Å²) in [7, 11) is 0. The number of urea groups is 2. The predicted octanol–water partition coefficient (Wildman–Crippen LogP) is 4.06. The molecule has 5 rings (SSSR count). The Labute approximate surface area is 208 Å². The van der Waals surface area contributed by atoms with Gasteiger partial charge in [-0.05, 0) is 81.1 Å². The molecule has 1 aromatic rings. The first kappa shape index (κ1) is 23.7. The molecule has 1 spiro atoms. The van der Waals surface area contributed by atoms with Crippen molar-refractivity contribution in [1.29, 1.82) is 0 Å². The third-order valence-corrected chi connectivity index (χ3v) is 8.66. The summed E-state index contributed by atoms with van der Waals surface area (Å²) < 4.78 is 0. The Hall–Kier alpha value is -1.99. The fourth-order valence-corrected chi connectivity index (χ4v) is 6.57. The van der Waals surface area contributed by atoms with Crippen LogP contribution in [-0.4, -0.2) is 78.1 Å². The Balaban J connectivity index is 1.01. The molecule has 34 heavy (non-hydrogen) atoms. The first-order valence-electron chi connectivity index (χ1n) is 13.1. The second-order valence-electron chi connectivity index (χ2n) is 10.8. The van der Waals surface area contributed by atoms with Gasteiger partial charge in [-0.3, -0.25) is 0 Å². The van der Waals surface area contributed by atoms with E-state index in [0.717, 1.165) is 63.8 Å². The molecule has 4 amide bonds. The van der Waals surface area contributed by atoms with Crippen LogP contribution < -0.4 is 10.6 Å². The van der Waals surface area contributed by atoms with Crippen molar-refractivity contribution in [3.05, 3.63) is 34.9 Å². The first-order chi connectivity index (χ1) is 16.5. The number of benzene rings is 1. The molecule has 3 saturated heterocycles. The van der Waals surface area contributed by atoms with Gasteiger partial charge in [0.1, 0.15) is 0 Å². The standard InChI is InChI=1S/C26H38ClN5O2/c27-21-6-4-20(5-7-21)18-28-24(33)29-22-16-26(17-22)10-15-32(19-26)25(34)31-13-8-23(9-14-31)30-11-2-1-3-12-30/h4-7,22-23H,1-3,8-19H2,(H2,28,29,33). The van der Waals surface area contributed by atoms with Gasteiger partial charge < -0.3 is 25.3 Å². The van der Waals surface area contributed by atoms with Crippen LogP contribution >= 0.6 is 11.6 Å². The first-order valence-corrected chi connectivity index (χ1v) is 13.4. The Morgan fingerprint density at radius 3 is 2.35 bits per heavy atom. The molecule has 186 valence electrons. The van der Waals surface area contributed by atoms with E-state index in [-0.39, 0.29) is 23.5 Å². The van der Waals surface area contributed by atoms with Crippen LogP contribution in [0.3, 0.4) is 0 Å². The third kappa shape index (κ3) is 5.46. The number of hydrogen-bond donors (Lipinski definition) is 2.